The van der Waals surface area contributed by atoms with Crippen LogP contribution in [-0.2, 0) is 11.3 Å². The maximum absolute atomic E-state index is 9.29. The number of hydrogen-bond donors (Lipinski definition) is 1. The third-order valence-corrected chi connectivity index (χ3v) is 2.18. The molecule has 0 spiro atoms. The monoisotopic (exact) mass is 220 g/mol. The van der Waals surface area contributed by atoms with Gasteiger partial charge in [-0.1, -0.05) is 5.16 Å². The summed E-state index contributed by atoms with van der Waals surface area (Å²) >= 11 is 0. The van der Waals surface area contributed by atoms with Crippen LogP contribution in [0.2, 0.25) is 0 Å². The van der Waals surface area contributed by atoms with Gasteiger partial charge in [-0.15, -0.1) is 0 Å². The van der Waals surface area contributed by atoms with E-state index in [4.69, 9.17) is 9.26 Å². The number of hydrogen-bond acceptors (Lipinski definition) is 5. The lowest BCUT2D eigenvalue weighted by atomic mass is 10.1. The van der Waals surface area contributed by atoms with Crippen LogP contribution in [-0.4, -0.2) is 22.4 Å². The average Bonchev–Trinajstić information content (AvgIpc) is 2.67. The molecule has 84 valence electrons. The zero-order valence-corrected chi connectivity index (χ0v) is 9.10. The number of benzene rings is 1. The number of rotatable bonds is 3. The van der Waals surface area contributed by atoms with Crippen LogP contribution in [0.5, 0.6) is 5.75 Å². The van der Waals surface area contributed by atoms with Gasteiger partial charge in [0.15, 0.2) is 5.82 Å². The second kappa shape index (κ2) is 4.32. The van der Waals surface area contributed by atoms with Gasteiger partial charge < -0.3 is 14.4 Å². The average molecular weight is 220 g/mol. The van der Waals surface area contributed by atoms with E-state index < -0.39 is 0 Å². The maximum Gasteiger partial charge on any atom is 0.258 e. The first-order valence-electron chi connectivity index (χ1n) is 4.82. The molecule has 5 heteroatoms. The predicted octanol–water partition coefficient (Wildman–Crippen LogP) is 1.90. The van der Waals surface area contributed by atoms with Crippen molar-refractivity contribution in [3.8, 4) is 17.2 Å². The molecule has 0 unspecified atom stereocenters. The van der Waals surface area contributed by atoms with Crippen LogP contribution in [0, 0.1) is 6.92 Å². The summed E-state index contributed by atoms with van der Waals surface area (Å²) in [6, 6.07) is 4.98. The molecular weight excluding hydrogens is 208 g/mol. The largest absolute Gasteiger partial charge is 0.508 e. The Bertz CT molecular complexity index is 494. The topological polar surface area (TPSA) is 68.4 Å². The van der Waals surface area contributed by atoms with Gasteiger partial charge in [-0.05, 0) is 30.7 Å². The summed E-state index contributed by atoms with van der Waals surface area (Å²) in [6.45, 7) is 2.19. The van der Waals surface area contributed by atoms with Gasteiger partial charge in [-0.2, -0.15) is 4.98 Å². The Morgan fingerprint density at radius 3 is 2.94 bits per heavy atom. The molecule has 0 amide bonds. The molecule has 1 aromatic heterocycles. The molecule has 1 heterocycles. The van der Waals surface area contributed by atoms with Crippen molar-refractivity contribution in [3.05, 3.63) is 29.6 Å². The van der Waals surface area contributed by atoms with Crippen LogP contribution < -0.4 is 0 Å². The Hall–Kier alpha value is -1.88. The lowest BCUT2D eigenvalue weighted by Crippen LogP contribution is -1.89. The van der Waals surface area contributed by atoms with Gasteiger partial charge in [0.25, 0.3) is 5.89 Å². The molecule has 0 aliphatic heterocycles. The molecule has 5 nitrogen and oxygen atoms in total. The van der Waals surface area contributed by atoms with E-state index in [1.807, 2.05) is 6.92 Å². The molecule has 0 aliphatic carbocycles. The molecule has 0 fully saturated rings. The summed E-state index contributed by atoms with van der Waals surface area (Å²) in [5, 5.41) is 13.1. The fraction of sp³-hybridized carbons (Fsp3) is 0.273. The number of aromatic nitrogens is 2. The third kappa shape index (κ3) is 2.04. The minimum absolute atomic E-state index is 0.220. The van der Waals surface area contributed by atoms with E-state index >= 15 is 0 Å². The number of phenols is 1. The van der Waals surface area contributed by atoms with Crippen molar-refractivity contribution in [2.24, 2.45) is 0 Å². The lowest BCUT2D eigenvalue weighted by molar-refractivity contribution is 0.174. The summed E-state index contributed by atoms with van der Waals surface area (Å²) < 4.78 is 10.0. The van der Waals surface area contributed by atoms with Crippen LogP contribution in [0.4, 0.5) is 0 Å². The van der Waals surface area contributed by atoms with E-state index in [1.54, 1.807) is 25.3 Å². The highest BCUT2D eigenvalue weighted by molar-refractivity contribution is 5.59. The van der Waals surface area contributed by atoms with Crippen molar-refractivity contribution in [1.82, 2.24) is 10.1 Å². The molecule has 0 saturated carbocycles. The van der Waals surface area contributed by atoms with Crippen LogP contribution in [0.1, 0.15) is 11.4 Å². The Labute approximate surface area is 92.7 Å². The summed E-state index contributed by atoms with van der Waals surface area (Å²) in [5.74, 6) is 1.16. The number of methoxy groups -OCH3 is 1. The lowest BCUT2D eigenvalue weighted by Gasteiger charge is -2.00. The van der Waals surface area contributed by atoms with Crippen LogP contribution in [0.3, 0.4) is 0 Å². The standard InChI is InChI=1S/C11H12N2O3/c1-7-5-8(14)3-4-9(7)11-12-10(6-15-2)13-16-11/h3-5,14H,6H2,1-2H3. The van der Waals surface area contributed by atoms with Gasteiger partial charge in [0.1, 0.15) is 12.4 Å². The third-order valence-electron chi connectivity index (χ3n) is 2.18. The zero-order valence-electron chi connectivity index (χ0n) is 9.10. The van der Waals surface area contributed by atoms with Crippen molar-refractivity contribution < 1.29 is 14.4 Å². The van der Waals surface area contributed by atoms with Crippen molar-refractivity contribution in [2.75, 3.05) is 7.11 Å². The van der Waals surface area contributed by atoms with E-state index in [-0.39, 0.29) is 5.75 Å². The van der Waals surface area contributed by atoms with E-state index in [0.717, 1.165) is 11.1 Å². The normalized spacial score (nSPS) is 10.6. The quantitative estimate of drug-likeness (QED) is 0.855. The summed E-state index contributed by atoms with van der Waals surface area (Å²) in [5.41, 5.74) is 1.69. The van der Waals surface area contributed by atoms with E-state index in [0.29, 0.717) is 18.3 Å². The molecule has 0 aliphatic rings. The number of aryl methyl sites for hydroxylation is 1. The first-order chi connectivity index (χ1) is 7.70. The minimum atomic E-state index is 0.220. The SMILES string of the molecule is COCc1noc(-c2ccc(O)cc2C)n1. The van der Waals surface area contributed by atoms with Crippen LogP contribution >= 0.6 is 0 Å². The van der Waals surface area contributed by atoms with Gasteiger partial charge in [0, 0.05) is 12.7 Å². The first-order valence-corrected chi connectivity index (χ1v) is 4.82. The second-order valence-electron chi connectivity index (χ2n) is 3.45. The Balaban J connectivity index is 2.35. The van der Waals surface area contributed by atoms with Crippen LogP contribution in [0.25, 0.3) is 11.5 Å². The van der Waals surface area contributed by atoms with Gasteiger partial charge >= 0.3 is 0 Å². The first kappa shape index (κ1) is 10.6. The maximum atomic E-state index is 9.29. The van der Waals surface area contributed by atoms with E-state index in [9.17, 15) is 5.11 Å². The van der Waals surface area contributed by atoms with Gasteiger partial charge in [-0.3, -0.25) is 0 Å². The minimum Gasteiger partial charge on any atom is -0.508 e. The number of phenolic OH excluding ortho intramolecular Hbond substituents is 1. The molecule has 0 atom stereocenters. The van der Waals surface area contributed by atoms with Crippen molar-refractivity contribution in [2.45, 2.75) is 13.5 Å². The van der Waals surface area contributed by atoms with Crippen molar-refractivity contribution >= 4 is 0 Å². The number of nitrogens with zero attached hydrogens (tertiary/aromatic N) is 2. The highest BCUT2D eigenvalue weighted by Gasteiger charge is 2.11. The Kier molecular flexibility index (Phi) is 2.87. The highest BCUT2D eigenvalue weighted by Crippen LogP contribution is 2.24. The Morgan fingerprint density at radius 1 is 1.44 bits per heavy atom. The fourth-order valence-electron chi connectivity index (χ4n) is 1.44. The van der Waals surface area contributed by atoms with Crippen molar-refractivity contribution in [3.63, 3.8) is 0 Å². The molecule has 0 bridgehead atoms. The molecule has 2 aromatic rings. The van der Waals surface area contributed by atoms with E-state index in [1.165, 1.54) is 0 Å². The van der Waals surface area contributed by atoms with Crippen molar-refractivity contribution in [1.29, 1.82) is 0 Å². The molecular formula is C11H12N2O3. The number of ether oxygens (including phenoxy) is 1. The fourth-order valence-corrected chi connectivity index (χ4v) is 1.44. The molecule has 0 radical (unpaired) electrons. The van der Waals surface area contributed by atoms with Gasteiger partial charge in [0.2, 0.25) is 0 Å². The Morgan fingerprint density at radius 2 is 2.25 bits per heavy atom. The van der Waals surface area contributed by atoms with E-state index in [2.05, 4.69) is 10.1 Å². The second-order valence-corrected chi connectivity index (χ2v) is 3.45. The molecule has 1 N–H and O–H groups in total. The van der Waals surface area contributed by atoms with Gasteiger partial charge in [0.05, 0.1) is 0 Å². The molecule has 16 heavy (non-hydrogen) atoms. The summed E-state index contributed by atoms with van der Waals surface area (Å²) in [4.78, 5) is 4.18. The highest BCUT2D eigenvalue weighted by atomic mass is 16.5. The molecule has 2 rings (SSSR count). The number of aromatic hydroxyl groups is 1. The van der Waals surface area contributed by atoms with Crippen LogP contribution in [0.15, 0.2) is 22.7 Å². The van der Waals surface area contributed by atoms with Gasteiger partial charge in [-0.25, -0.2) is 0 Å². The smallest absolute Gasteiger partial charge is 0.258 e. The predicted molar refractivity (Wildman–Crippen MR) is 56.8 cm³/mol. The molecule has 1 aromatic carbocycles. The summed E-state index contributed by atoms with van der Waals surface area (Å²) in [7, 11) is 1.57. The summed E-state index contributed by atoms with van der Waals surface area (Å²) in [6.07, 6.45) is 0. The zero-order chi connectivity index (χ0) is 11.5. The molecule has 0 saturated heterocycles.